The molecule has 2 N–H and O–H groups in total. The molecule has 5 heteroatoms. The van der Waals surface area contributed by atoms with Crippen molar-refractivity contribution in [2.75, 3.05) is 45.8 Å². The highest BCUT2D eigenvalue weighted by Crippen LogP contribution is 2.20. The molecule has 2 amide bonds. The van der Waals surface area contributed by atoms with E-state index >= 15 is 0 Å². The van der Waals surface area contributed by atoms with Crippen LogP contribution in [0.1, 0.15) is 33.1 Å². The van der Waals surface area contributed by atoms with Crippen LogP contribution in [0.15, 0.2) is 0 Å². The molecule has 2 aliphatic heterocycles. The summed E-state index contributed by atoms with van der Waals surface area (Å²) < 4.78 is 0. The fourth-order valence-electron chi connectivity index (χ4n) is 3.20. The van der Waals surface area contributed by atoms with Gasteiger partial charge >= 0.3 is 6.03 Å². The normalized spacial score (nSPS) is 23.1. The maximum absolute atomic E-state index is 11.5. The molecule has 0 bridgehead atoms. The second kappa shape index (κ2) is 7.84. The summed E-state index contributed by atoms with van der Waals surface area (Å²) in [4.78, 5) is 15.9. The first-order chi connectivity index (χ1) is 9.70. The fraction of sp³-hybridized carbons (Fsp3) is 0.933. The van der Waals surface area contributed by atoms with E-state index in [1.807, 2.05) is 4.90 Å². The van der Waals surface area contributed by atoms with Crippen LogP contribution in [0.3, 0.4) is 0 Å². The van der Waals surface area contributed by atoms with Gasteiger partial charge in [0.25, 0.3) is 0 Å². The van der Waals surface area contributed by atoms with E-state index in [0.29, 0.717) is 6.04 Å². The maximum atomic E-state index is 11.5. The van der Waals surface area contributed by atoms with Gasteiger partial charge in [0.2, 0.25) is 0 Å². The van der Waals surface area contributed by atoms with Crippen molar-refractivity contribution in [1.82, 2.24) is 20.4 Å². The topological polar surface area (TPSA) is 47.6 Å². The molecule has 2 aliphatic rings. The molecule has 0 radical (unpaired) electrons. The lowest BCUT2D eigenvalue weighted by molar-refractivity contribution is 0.149. The number of nitrogens with one attached hydrogen (secondary N) is 2. The minimum absolute atomic E-state index is 0.109. The number of hydrogen-bond acceptors (Lipinski definition) is 3. The summed E-state index contributed by atoms with van der Waals surface area (Å²) in [6.07, 6.45) is 3.77. The third-order valence-electron chi connectivity index (χ3n) is 4.69. The molecule has 116 valence electrons. The molecule has 2 rings (SSSR count). The molecule has 0 saturated carbocycles. The van der Waals surface area contributed by atoms with Crippen molar-refractivity contribution < 1.29 is 4.79 Å². The standard InChI is InChI=1S/C15H30N4O/c1-3-6-16-13(2)14-4-8-18(9-5-14)11-12-19-10-7-17-15(19)20/h13-14,16H,3-12H2,1-2H3,(H,17,20). The van der Waals surface area contributed by atoms with Crippen molar-refractivity contribution in [2.24, 2.45) is 5.92 Å². The number of hydrogen-bond donors (Lipinski definition) is 2. The van der Waals surface area contributed by atoms with E-state index in [2.05, 4.69) is 29.4 Å². The van der Waals surface area contributed by atoms with Gasteiger partial charge in [-0.2, -0.15) is 0 Å². The van der Waals surface area contributed by atoms with Crippen LogP contribution >= 0.6 is 0 Å². The molecule has 0 aromatic rings. The highest BCUT2D eigenvalue weighted by atomic mass is 16.2. The van der Waals surface area contributed by atoms with Crippen LogP contribution in [-0.4, -0.2) is 67.7 Å². The van der Waals surface area contributed by atoms with Gasteiger partial charge in [-0.05, 0) is 51.7 Å². The molecular formula is C15H30N4O. The predicted octanol–water partition coefficient (Wildman–Crippen LogP) is 1.11. The van der Waals surface area contributed by atoms with E-state index < -0.39 is 0 Å². The average Bonchev–Trinajstić information content (AvgIpc) is 2.88. The second-order valence-electron chi connectivity index (χ2n) is 6.14. The Kier molecular flexibility index (Phi) is 6.10. The summed E-state index contributed by atoms with van der Waals surface area (Å²) >= 11 is 0. The largest absolute Gasteiger partial charge is 0.336 e. The molecule has 1 atom stereocenters. The van der Waals surface area contributed by atoms with Crippen LogP contribution in [0.2, 0.25) is 0 Å². The summed E-state index contributed by atoms with van der Waals surface area (Å²) in [6.45, 7) is 11.6. The van der Waals surface area contributed by atoms with Gasteiger partial charge in [-0.25, -0.2) is 4.79 Å². The molecule has 5 nitrogen and oxygen atoms in total. The number of likely N-dealkylation sites (tertiary alicyclic amines) is 1. The molecular weight excluding hydrogens is 252 g/mol. The van der Waals surface area contributed by atoms with Crippen LogP contribution in [0, 0.1) is 5.92 Å². The Morgan fingerprint density at radius 3 is 2.65 bits per heavy atom. The Balaban J connectivity index is 1.62. The SMILES string of the molecule is CCCNC(C)C1CCN(CCN2CCNC2=O)CC1. The fourth-order valence-corrected chi connectivity index (χ4v) is 3.20. The lowest BCUT2D eigenvalue weighted by atomic mass is 9.90. The number of rotatable bonds is 7. The first-order valence-corrected chi connectivity index (χ1v) is 8.19. The molecule has 0 aromatic carbocycles. The van der Waals surface area contributed by atoms with Crippen molar-refractivity contribution in [3.05, 3.63) is 0 Å². The molecule has 2 fully saturated rings. The number of piperidine rings is 1. The van der Waals surface area contributed by atoms with Gasteiger partial charge in [0, 0.05) is 32.2 Å². The molecule has 0 aromatic heterocycles. The second-order valence-corrected chi connectivity index (χ2v) is 6.14. The first-order valence-electron chi connectivity index (χ1n) is 8.19. The van der Waals surface area contributed by atoms with Crippen molar-refractivity contribution in [3.63, 3.8) is 0 Å². The van der Waals surface area contributed by atoms with Crippen LogP contribution in [-0.2, 0) is 0 Å². The van der Waals surface area contributed by atoms with Crippen LogP contribution in [0.5, 0.6) is 0 Å². The van der Waals surface area contributed by atoms with Crippen molar-refractivity contribution in [1.29, 1.82) is 0 Å². The van der Waals surface area contributed by atoms with E-state index in [1.165, 1.54) is 32.4 Å². The lowest BCUT2D eigenvalue weighted by Gasteiger charge is -2.35. The molecule has 0 spiro atoms. The zero-order valence-electron chi connectivity index (χ0n) is 13.0. The van der Waals surface area contributed by atoms with Gasteiger partial charge in [0.05, 0.1) is 0 Å². The molecule has 0 aliphatic carbocycles. The van der Waals surface area contributed by atoms with Crippen LogP contribution in [0.4, 0.5) is 4.79 Å². The highest BCUT2D eigenvalue weighted by molar-refractivity contribution is 5.76. The Morgan fingerprint density at radius 1 is 1.30 bits per heavy atom. The highest BCUT2D eigenvalue weighted by Gasteiger charge is 2.25. The van der Waals surface area contributed by atoms with E-state index in [-0.39, 0.29) is 6.03 Å². The summed E-state index contributed by atoms with van der Waals surface area (Å²) in [5, 5.41) is 6.48. The van der Waals surface area contributed by atoms with Crippen LogP contribution < -0.4 is 10.6 Å². The zero-order chi connectivity index (χ0) is 14.4. The Hall–Kier alpha value is -0.810. The average molecular weight is 282 g/mol. The number of nitrogens with zero attached hydrogens (tertiary/aromatic N) is 2. The maximum Gasteiger partial charge on any atom is 0.317 e. The minimum atomic E-state index is 0.109. The smallest absolute Gasteiger partial charge is 0.317 e. The number of carbonyl (C=O) groups excluding carboxylic acids is 1. The Morgan fingerprint density at radius 2 is 2.05 bits per heavy atom. The first kappa shape index (κ1) is 15.6. The van der Waals surface area contributed by atoms with Gasteiger partial charge < -0.3 is 20.4 Å². The quantitative estimate of drug-likeness (QED) is 0.735. The molecule has 20 heavy (non-hydrogen) atoms. The Labute approximate surface area is 123 Å². The van der Waals surface area contributed by atoms with E-state index in [4.69, 9.17) is 0 Å². The van der Waals surface area contributed by atoms with Gasteiger partial charge in [0.15, 0.2) is 0 Å². The third-order valence-corrected chi connectivity index (χ3v) is 4.69. The van der Waals surface area contributed by atoms with E-state index in [9.17, 15) is 4.79 Å². The van der Waals surface area contributed by atoms with Gasteiger partial charge in [-0.15, -0.1) is 0 Å². The van der Waals surface area contributed by atoms with E-state index in [1.54, 1.807) is 0 Å². The molecule has 1 unspecified atom stereocenters. The van der Waals surface area contributed by atoms with E-state index in [0.717, 1.165) is 38.6 Å². The van der Waals surface area contributed by atoms with Gasteiger partial charge in [-0.3, -0.25) is 0 Å². The monoisotopic (exact) mass is 282 g/mol. The predicted molar refractivity (Wildman–Crippen MR) is 81.9 cm³/mol. The van der Waals surface area contributed by atoms with Gasteiger partial charge in [-0.1, -0.05) is 6.92 Å². The van der Waals surface area contributed by atoms with Crippen molar-refractivity contribution in [2.45, 2.75) is 39.2 Å². The summed E-state index contributed by atoms with van der Waals surface area (Å²) in [5.74, 6) is 0.813. The van der Waals surface area contributed by atoms with Crippen LogP contribution in [0.25, 0.3) is 0 Å². The number of carbonyl (C=O) groups is 1. The Bertz CT molecular complexity index is 302. The summed E-state index contributed by atoms with van der Waals surface area (Å²) in [5.41, 5.74) is 0. The van der Waals surface area contributed by atoms with Crippen molar-refractivity contribution >= 4 is 6.03 Å². The van der Waals surface area contributed by atoms with Gasteiger partial charge in [0.1, 0.15) is 0 Å². The summed E-state index contributed by atoms with van der Waals surface area (Å²) in [6, 6.07) is 0.749. The third kappa shape index (κ3) is 4.35. The molecule has 2 saturated heterocycles. The summed E-state index contributed by atoms with van der Waals surface area (Å²) in [7, 11) is 0. The van der Waals surface area contributed by atoms with Crippen molar-refractivity contribution in [3.8, 4) is 0 Å². The number of urea groups is 1. The molecule has 2 heterocycles. The minimum Gasteiger partial charge on any atom is -0.336 e. The zero-order valence-corrected chi connectivity index (χ0v) is 13.0. The number of amides is 2. The lowest BCUT2D eigenvalue weighted by Crippen LogP contribution is -2.44.